The molecule has 0 aromatic rings. The van der Waals surface area contributed by atoms with Crippen LogP contribution >= 0.6 is 48.8 Å². The van der Waals surface area contributed by atoms with Gasteiger partial charge in [0.1, 0.15) is 6.04 Å². The lowest BCUT2D eigenvalue weighted by atomic mass is 10.2. The number of carbonyl (C=O) groups is 1. The van der Waals surface area contributed by atoms with Crippen LogP contribution in [0.25, 0.3) is 0 Å². The SMILES string of the molecule is Br.C[C@@H](N)CCBr.N[C@@H](CCBr)C(=O)O.O=S1OOO1. The minimum absolute atomic E-state index is 0. The van der Waals surface area contributed by atoms with Gasteiger partial charge in [-0.3, -0.25) is 4.79 Å². The fourth-order valence-electron chi connectivity index (χ4n) is 0.464. The first-order valence-corrected chi connectivity index (χ1v) is 8.39. The van der Waals surface area contributed by atoms with Gasteiger partial charge in [-0.1, -0.05) is 40.5 Å². The third-order valence-electron chi connectivity index (χ3n) is 1.47. The van der Waals surface area contributed by atoms with Gasteiger partial charge in [-0.05, 0) is 24.8 Å². The Labute approximate surface area is 147 Å². The van der Waals surface area contributed by atoms with Gasteiger partial charge in [0.05, 0.1) is 0 Å². The Bertz CT molecular complexity index is 256. The zero-order valence-electron chi connectivity index (χ0n) is 10.7. The topological polar surface area (TPSA) is 134 Å². The van der Waals surface area contributed by atoms with E-state index in [2.05, 4.69) is 45.6 Å². The maximum absolute atomic E-state index is 9.94. The number of hydrogen-bond donors (Lipinski definition) is 3. The monoisotopic (exact) mass is 508 g/mol. The molecular formula is C8H19Br3N2O6S. The molecule has 5 N–H and O–H groups in total. The predicted octanol–water partition coefficient (Wildman–Crippen LogP) is 1.34. The molecule has 1 fully saturated rings. The minimum atomic E-state index is -1.61. The zero-order chi connectivity index (χ0) is 15.3. The Balaban J connectivity index is -0.000000217. The van der Waals surface area contributed by atoms with Crippen LogP contribution in [0.2, 0.25) is 0 Å². The summed E-state index contributed by atoms with van der Waals surface area (Å²) in [7, 11) is 0. The second-order valence-electron chi connectivity index (χ2n) is 3.29. The maximum atomic E-state index is 9.94. The molecule has 124 valence electrons. The van der Waals surface area contributed by atoms with Crippen molar-refractivity contribution >= 4 is 66.2 Å². The van der Waals surface area contributed by atoms with Crippen molar-refractivity contribution in [3.05, 3.63) is 0 Å². The number of carboxylic acid groups (broad SMARTS) is 1. The molecule has 1 saturated heterocycles. The van der Waals surface area contributed by atoms with Crippen molar-refractivity contribution in [2.75, 3.05) is 10.7 Å². The lowest BCUT2D eigenvalue weighted by molar-refractivity contribution is -0.469. The highest BCUT2D eigenvalue weighted by atomic mass is 79.9. The Morgan fingerprint density at radius 1 is 1.25 bits per heavy atom. The highest BCUT2D eigenvalue weighted by Crippen LogP contribution is 2.01. The molecule has 0 amide bonds. The van der Waals surface area contributed by atoms with E-state index in [4.69, 9.17) is 16.6 Å². The molecule has 0 aromatic carbocycles. The average molecular weight is 511 g/mol. The van der Waals surface area contributed by atoms with E-state index < -0.39 is 23.4 Å². The molecule has 1 heterocycles. The summed E-state index contributed by atoms with van der Waals surface area (Å²) in [5.74, 6) is -0.940. The van der Waals surface area contributed by atoms with Gasteiger partial charge in [0, 0.05) is 16.7 Å². The normalized spacial score (nSPS) is 16.1. The third-order valence-corrected chi connectivity index (χ3v) is 2.72. The summed E-state index contributed by atoms with van der Waals surface area (Å²) in [5.41, 5.74) is 10.5. The van der Waals surface area contributed by atoms with Gasteiger partial charge >= 0.3 is 17.3 Å². The first kappa shape index (κ1) is 25.8. The number of halogens is 3. The van der Waals surface area contributed by atoms with Crippen molar-refractivity contribution in [3.8, 4) is 0 Å². The summed E-state index contributed by atoms with van der Waals surface area (Å²) in [6, 6.07) is -0.362. The molecule has 0 aromatic heterocycles. The molecule has 20 heavy (non-hydrogen) atoms. The minimum Gasteiger partial charge on any atom is -0.480 e. The lowest BCUT2D eigenvalue weighted by Gasteiger charge is -2.02. The van der Waals surface area contributed by atoms with Crippen molar-refractivity contribution < 1.29 is 27.8 Å². The van der Waals surface area contributed by atoms with Crippen LogP contribution in [0.15, 0.2) is 0 Å². The van der Waals surface area contributed by atoms with Crippen molar-refractivity contribution in [1.82, 2.24) is 0 Å². The number of carboxylic acids is 1. The van der Waals surface area contributed by atoms with E-state index in [-0.39, 0.29) is 17.0 Å². The van der Waals surface area contributed by atoms with Gasteiger partial charge in [-0.2, -0.15) is 4.21 Å². The van der Waals surface area contributed by atoms with Gasteiger partial charge in [0.15, 0.2) is 0 Å². The molecule has 0 spiro atoms. The van der Waals surface area contributed by atoms with E-state index in [1.54, 1.807) is 0 Å². The number of hydrogen-bond acceptors (Lipinski definition) is 7. The number of nitrogens with two attached hydrogens (primary N) is 2. The molecular weight excluding hydrogens is 492 g/mol. The van der Waals surface area contributed by atoms with Gasteiger partial charge in [0.2, 0.25) is 0 Å². The molecule has 0 unspecified atom stereocenters. The highest BCUT2D eigenvalue weighted by molar-refractivity contribution is 9.09. The summed E-state index contributed by atoms with van der Waals surface area (Å²) in [5, 5.41) is 13.4. The summed E-state index contributed by atoms with van der Waals surface area (Å²) >= 11 is 4.73. The molecule has 0 bridgehead atoms. The van der Waals surface area contributed by atoms with E-state index in [9.17, 15) is 9.00 Å². The van der Waals surface area contributed by atoms with Crippen LogP contribution in [0, 0.1) is 0 Å². The number of alkyl halides is 2. The standard InChI is InChI=1S/C4H8BrNO2.C4H10BrN.BrH.O4S/c5-2-1-3(6)4(7)8;1-4(6)2-3-5;;1-5-3-2-4-5/h3H,1-2,6H2,(H,7,8);4H,2-3,6H2,1H3;1H;/t3-;4-;;/m01../s1. The van der Waals surface area contributed by atoms with Gasteiger partial charge in [0.25, 0.3) is 0 Å². The van der Waals surface area contributed by atoms with Crippen LogP contribution in [0.1, 0.15) is 19.8 Å². The van der Waals surface area contributed by atoms with Gasteiger partial charge < -0.3 is 16.6 Å². The fourth-order valence-corrected chi connectivity index (χ4v) is 1.78. The van der Waals surface area contributed by atoms with Crippen molar-refractivity contribution in [1.29, 1.82) is 0 Å². The number of rotatable bonds is 5. The second-order valence-corrected chi connectivity index (χ2v) is 5.55. The van der Waals surface area contributed by atoms with Crippen molar-refractivity contribution in [2.24, 2.45) is 11.5 Å². The first-order valence-electron chi connectivity index (χ1n) is 5.14. The van der Waals surface area contributed by atoms with Crippen LogP contribution in [0.5, 0.6) is 0 Å². The lowest BCUT2D eigenvalue weighted by Crippen LogP contribution is -2.30. The van der Waals surface area contributed by atoms with Crippen LogP contribution < -0.4 is 11.5 Å². The van der Waals surface area contributed by atoms with E-state index in [0.717, 1.165) is 11.8 Å². The molecule has 1 aliphatic heterocycles. The maximum Gasteiger partial charge on any atom is 0.367 e. The molecule has 8 nitrogen and oxygen atoms in total. The summed E-state index contributed by atoms with van der Waals surface area (Å²) < 4.78 is 16.8. The van der Waals surface area contributed by atoms with Crippen molar-refractivity contribution in [3.63, 3.8) is 0 Å². The van der Waals surface area contributed by atoms with Crippen LogP contribution in [-0.2, 0) is 29.9 Å². The molecule has 0 saturated carbocycles. The van der Waals surface area contributed by atoms with E-state index >= 15 is 0 Å². The largest absolute Gasteiger partial charge is 0.480 e. The Kier molecular flexibility index (Phi) is 23.1. The molecule has 1 aliphatic rings. The molecule has 12 heteroatoms. The Hall–Kier alpha value is 0.860. The number of aliphatic carboxylic acids is 1. The Morgan fingerprint density at radius 3 is 1.70 bits per heavy atom. The second kappa shape index (κ2) is 17.9. The van der Waals surface area contributed by atoms with Crippen LogP contribution in [-0.4, -0.2) is 38.0 Å². The van der Waals surface area contributed by atoms with E-state index in [1.807, 2.05) is 6.92 Å². The fraction of sp³-hybridized carbons (Fsp3) is 0.875. The van der Waals surface area contributed by atoms with Gasteiger partial charge in [-0.15, -0.1) is 17.0 Å². The molecule has 2 atom stereocenters. The average Bonchev–Trinajstić information content (AvgIpc) is 2.28. The highest BCUT2D eigenvalue weighted by Gasteiger charge is 2.14. The third kappa shape index (κ3) is 21.2. The summed E-state index contributed by atoms with van der Waals surface area (Å²) in [6.07, 6.45) is 1.55. The summed E-state index contributed by atoms with van der Waals surface area (Å²) in [6.45, 7) is 2.00. The summed E-state index contributed by atoms with van der Waals surface area (Å²) in [4.78, 5) is 9.94. The molecule has 0 radical (unpaired) electrons. The smallest absolute Gasteiger partial charge is 0.367 e. The molecule has 1 rings (SSSR count). The van der Waals surface area contributed by atoms with Crippen LogP contribution in [0.3, 0.4) is 0 Å². The molecule has 0 aliphatic carbocycles. The quantitative estimate of drug-likeness (QED) is 0.372. The van der Waals surface area contributed by atoms with E-state index in [0.29, 0.717) is 17.8 Å². The zero-order valence-corrected chi connectivity index (χ0v) is 16.4. The first-order chi connectivity index (χ1) is 8.84. The van der Waals surface area contributed by atoms with E-state index in [1.165, 1.54) is 0 Å². The van der Waals surface area contributed by atoms with Gasteiger partial charge in [-0.25, -0.2) is 0 Å². The van der Waals surface area contributed by atoms with Crippen LogP contribution in [0.4, 0.5) is 0 Å². The predicted molar refractivity (Wildman–Crippen MR) is 87.8 cm³/mol. The van der Waals surface area contributed by atoms with Crippen molar-refractivity contribution in [2.45, 2.75) is 31.8 Å². The Morgan fingerprint density at radius 2 is 1.65 bits per heavy atom.